The summed E-state index contributed by atoms with van der Waals surface area (Å²) >= 11 is 0.479. The number of sulfone groups is 1. The Balaban J connectivity index is 2.15. The van der Waals surface area contributed by atoms with E-state index in [2.05, 4.69) is 4.98 Å². The Morgan fingerprint density at radius 2 is 2.17 bits per heavy atom. The van der Waals surface area contributed by atoms with Gasteiger partial charge in [0.25, 0.3) is 0 Å². The number of alkyl halides is 3. The fourth-order valence-electron chi connectivity index (χ4n) is 1.91. The number of nitrogens with two attached hydrogens (primary N) is 1. The molecular weight excluding hydrogens is 289 g/mol. The normalized spacial score (nSPS) is 25.2. The molecule has 0 radical (unpaired) electrons. The zero-order valence-electron chi connectivity index (χ0n) is 9.14. The lowest BCUT2D eigenvalue weighted by Gasteiger charge is -2.15. The topological polar surface area (TPSA) is 73.0 Å². The highest BCUT2D eigenvalue weighted by Crippen LogP contribution is 2.37. The van der Waals surface area contributed by atoms with E-state index in [1.807, 2.05) is 0 Å². The first-order valence-electron chi connectivity index (χ1n) is 5.18. The van der Waals surface area contributed by atoms with Crippen LogP contribution in [0.25, 0.3) is 0 Å². The maximum absolute atomic E-state index is 12.4. The molecule has 1 fully saturated rings. The molecule has 0 bridgehead atoms. The minimum atomic E-state index is -4.48. The van der Waals surface area contributed by atoms with Gasteiger partial charge >= 0.3 is 6.18 Å². The van der Waals surface area contributed by atoms with Crippen LogP contribution in [0.2, 0.25) is 0 Å². The lowest BCUT2D eigenvalue weighted by molar-refractivity contribution is -0.137. The molecule has 2 atom stereocenters. The Bertz CT molecular complexity index is 538. The van der Waals surface area contributed by atoms with Crippen molar-refractivity contribution in [2.75, 3.05) is 11.5 Å². The molecule has 18 heavy (non-hydrogen) atoms. The van der Waals surface area contributed by atoms with Crippen LogP contribution in [0.5, 0.6) is 0 Å². The summed E-state index contributed by atoms with van der Waals surface area (Å²) in [6, 6.07) is -0.698. The van der Waals surface area contributed by atoms with Crippen LogP contribution in [0.15, 0.2) is 6.20 Å². The highest BCUT2D eigenvalue weighted by Gasteiger charge is 2.37. The molecule has 1 aliphatic rings. The second-order valence-electron chi connectivity index (χ2n) is 4.25. The third-order valence-corrected chi connectivity index (χ3v) is 5.81. The zero-order valence-corrected chi connectivity index (χ0v) is 10.8. The lowest BCUT2D eigenvalue weighted by Crippen LogP contribution is -2.21. The third kappa shape index (κ3) is 2.83. The van der Waals surface area contributed by atoms with Crippen LogP contribution in [0.4, 0.5) is 13.2 Å². The fraction of sp³-hybridized carbons (Fsp3) is 0.667. The van der Waals surface area contributed by atoms with Crippen molar-refractivity contribution < 1.29 is 21.6 Å². The number of aromatic nitrogens is 1. The Labute approximate surface area is 106 Å². The van der Waals surface area contributed by atoms with Crippen LogP contribution in [-0.4, -0.2) is 24.9 Å². The van der Waals surface area contributed by atoms with Gasteiger partial charge in [-0.3, -0.25) is 0 Å². The molecule has 0 amide bonds. The van der Waals surface area contributed by atoms with Gasteiger partial charge in [-0.2, -0.15) is 13.2 Å². The molecule has 1 saturated heterocycles. The molecule has 2 heterocycles. The molecule has 0 aliphatic carbocycles. The van der Waals surface area contributed by atoms with Gasteiger partial charge in [-0.15, -0.1) is 11.3 Å². The summed E-state index contributed by atoms with van der Waals surface area (Å²) in [6.45, 7) is 0. The van der Waals surface area contributed by atoms with Gasteiger partial charge in [-0.05, 0) is 12.3 Å². The van der Waals surface area contributed by atoms with E-state index in [1.165, 1.54) is 0 Å². The largest absolute Gasteiger partial charge is 0.443 e. The summed E-state index contributed by atoms with van der Waals surface area (Å²) in [6.07, 6.45) is -3.00. The molecule has 2 rings (SSSR count). The van der Waals surface area contributed by atoms with Gasteiger partial charge in [0.05, 0.1) is 11.5 Å². The number of hydrogen-bond donors (Lipinski definition) is 1. The van der Waals surface area contributed by atoms with Crippen LogP contribution in [-0.2, 0) is 16.0 Å². The highest BCUT2D eigenvalue weighted by molar-refractivity contribution is 7.91. The van der Waals surface area contributed by atoms with Crippen molar-refractivity contribution >= 4 is 21.2 Å². The summed E-state index contributed by atoms with van der Waals surface area (Å²) < 4.78 is 59.7. The SMILES string of the molecule is NC(c1cnc(C(F)(F)F)s1)C1CCS(=O)(=O)C1. The van der Waals surface area contributed by atoms with E-state index >= 15 is 0 Å². The van der Waals surface area contributed by atoms with E-state index in [1.54, 1.807) is 0 Å². The summed E-state index contributed by atoms with van der Waals surface area (Å²) in [7, 11) is -3.09. The van der Waals surface area contributed by atoms with Crippen LogP contribution >= 0.6 is 11.3 Å². The average Bonchev–Trinajstić information content (AvgIpc) is 2.82. The predicted octanol–water partition coefficient (Wildman–Crippen LogP) is 1.60. The molecule has 2 N–H and O–H groups in total. The van der Waals surface area contributed by atoms with E-state index in [0.29, 0.717) is 17.8 Å². The maximum Gasteiger partial charge on any atom is 0.443 e. The molecule has 0 aromatic carbocycles. The summed E-state index contributed by atoms with van der Waals surface area (Å²) in [5, 5.41) is -0.950. The van der Waals surface area contributed by atoms with Crippen molar-refractivity contribution in [1.82, 2.24) is 4.98 Å². The molecule has 0 saturated carbocycles. The van der Waals surface area contributed by atoms with Gasteiger partial charge in [0, 0.05) is 17.1 Å². The van der Waals surface area contributed by atoms with Gasteiger partial charge in [0.1, 0.15) is 0 Å². The number of halogens is 3. The smallest absolute Gasteiger partial charge is 0.323 e. The molecule has 102 valence electrons. The quantitative estimate of drug-likeness (QED) is 0.900. The van der Waals surface area contributed by atoms with E-state index in [0.717, 1.165) is 6.20 Å². The Hall–Kier alpha value is -0.670. The Morgan fingerprint density at radius 1 is 1.50 bits per heavy atom. The summed E-state index contributed by atoms with van der Waals surface area (Å²) in [5.74, 6) is -0.333. The van der Waals surface area contributed by atoms with E-state index in [4.69, 9.17) is 5.73 Å². The van der Waals surface area contributed by atoms with E-state index < -0.39 is 27.1 Å². The van der Waals surface area contributed by atoms with Gasteiger partial charge in [0.2, 0.25) is 0 Å². The first-order chi connectivity index (χ1) is 8.19. The molecule has 2 unspecified atom stereocenters. The Morgan fingerprint density at radius 3 is 2.61 bits per heavy atom. The number of nitrogens with zero attached hydrogens (tertiary/aromatic N) is 1. The van der Waals surface area contributed by atoms with E-state index in [9.17, 15) is 21.6 Å². The minimum absolute atomic E-state index is 0.0519. The second-order valence-corrected chi connectivity index (χ2v) is 7.55. The van der Waals surface area contributed by atoms with Crippen molar-refractivity contribution in [1.29, 1.82) is 0 Å². The first-order valence-corrected chi connectivity index (χ1v) is 7.82. The monoisotopic (exact) mass is 300 g/mol. The minimum Gasteiger partial charge on any atom is -0.323 e. The number of hydrogen-bond acceptors (Lipinski definition) is 5. The molecule has 1 aliphatic heterocycles. The van der Waals surface area contributed by atoms with Crippen LogP contribution in [0.1, 0.15) is 22.3 Å². The fourth-order valence-corrected chi connectivity index (χ4v) is 4.64. The van der Waals surface area contributed by atoms with Crippen molar-refractivity contribution in [2.45, 2.75) is 18.6 Å². The molecule has 1 aromatic heterocycles. The molecule has 0 spiro atoms. The lowest BCUT2D eigenvalue weighted by atomic mass is 9.99. The average molecular weight is 300 g/mol. The van der Waals surface area contributed by atoms with E-state index in [-0.39, 0.29) is 22.3 Å². The summed E-state index contributed by atoms with van der Waals surface area (Å²) in [4.78, 5) is 3.56. The second kappa shape index (κ2) is 4.46. The molecular formula is C9H11F3N2O2S2. The Kier molecular flexibility index (Phi) is 3.41. The zero-order chi connectivity index (χ0) is 13.6. The standard InChI is InChI=1S/C9H11F3N2O2S2/c10-9(11,12)8-14-3-6(17-8)7(13)5-1-2-18(15,16)4-5/h3,5,7H,1-2,4,13H2. The number of thiazole rings is 1. The first kappa shape index (κ1) is 13.8. The number of rotatable bonds is 2. The molecule has 1 aromatic rings. The highest BCUT2D eigenvalue weighted by atomic mass is 32.2. The van der Waals surface area contributed by atoms with Crippen LogP contribution in [0.3, 0.4) is 0 Å². The van der Waals surface area contributed by atoms with Crippen molar-refractivity contribution in [3.63, 3.8) is 0 Å². The van der Waals surface area contributed by atoms with Gasteiger partial charge < -0.3 is 5.73 Å². The third-order valence-electron chi connectivity index (χ3n) is 2.87. The van der Waals surface area contributed by atoms with Gasteiger partial charge in [-0.1, -0.05) is 0 Å². The molecule has 9 heteroatoms. The van der Waals surface area contributed by atoms with Gasteiger partial charge in [0.15, 0.2) is 14.8 Å². The van der Waals surface area contributed by atoms with Gasteiger partial charge in [-0.25, -0.2) is 13.4 Å². The van der Waals surface area contributed by atoms with Crippen molar-refractivity contribution in [3.05, 3.63) is 16.1 Å². The van der Waals surface area contributed by atoms with Crippen LogP contribution in [0, 0.1) is 5.92 Å². The van der Waals surface area contributed by atoms with Crippen LogP contribution < -0.4 is 5.73 Å². The summed E-state index contributed by atoms with van der Waals surface area (Å²) in [5.41, 5.74) is 5.82. The van der Waals surface area contributed by atoms with Crippen molar-refractivity contribution in [2.24, 2.45) is 11.7 Å². The maximum atomic E-state index is 12.4. The van der Waals surface area contributed by atoms with Crippen molar-refractivity contribution in [3.8, 4) is 0 Å². The molecule has 4 nitrogen and oxygen atoms in total. The predicted molar refractivity (Wildman–Crippen MR) is 60.8 cm³/mol.